The lowest BCUT2D eigenvalue weighted by Gasteiger charge is -2.21. The molecule has 2 aromatic rings. The van der Waals surface area contributed by atoms with Gasteiger partial charge < -0.3 is 0 Å². The number of carbonyl (C=O) groups is 1. The van der Waals surface area contributed by atoms with Gasteiger partial charge in [-0.3, -0.25) is 10.1 Å². The van der Waals surface area contributed by atoms with E-state index >= 15 is 0 Å². The maximum absolute atomic E-state index is 12.2. The number of carbonyl (C=O) groups excluding carboxylic acids is 1. The molecule has 1 aliphatic rings. The zero-order valence-electron chi connectivity index (χ0n) is 16.0. The van der Waals surface area contributed by atoms with Gasteiger partial charge >= 0.3 is 0 Å². The smallest absolute Gasteiger partial charge is 0.160 e. The highest BCUT2D eigenvalue weighted by Crippen LogP contribution is 2.32. The Labute approximate surface area is 161 Å². The van der Waals surface area contributed by atoms with E-state index in [-0.39, 0.29) is 10.7 Å². The molecule has 0 saturated carbocycles. The van der Waals surface area contributed by atoms with Gasteiger partial charge in [0.1, 0.15) is 0 Å². The lowest BCUT2D eigenvalue weighted by molar-refractivity contribution is 0.101. The third kappa shape index (κ3) is 4.46. The highest BCUT2D eigenvalue weighted by molar-refractivity contribution is 8.00. The van der Waals surface area contributed by atoms with Gasteiger partial charge in [-0.05, 0) is 49.4 Å². The maximum atomic E-state index is 12.2. The van der Waals surface area contributed by atoms with Crippen molar-refractivity contribution in [3.63, 3.8) is 0 Å². The van der Waals surface area contributed by atoms with E-state index in [4.69, 9.17) is 0 Å². The maximum Gasteiger partial charge on any atom is 0.160 e. The fourth-order valence-corrected chi connectivity index (χ4v) is 4.55. The summed E-state index contributed by atoms with van der Waals surface area (Å²) in [5, 5.41) is 3.68. The summed E-state index contributed by atoms with van der Waals surface area (Å²) in [4.78, 5) is 12.3. The normalized spacial score (nSPS) is 20.4. The van der Waals surface area contributed by atoms with Crippen LogP contribution in [0.15, 0.2) is 54.6 Å². The van der Waals surface area contributed by atoms with Crippen LogP contribution in [0.3, 0.4) is 0 Å². The van der Waals surface area contributed by atoms with Crippen molar-refractivity contribution in [2.24, 2.45) is 5.92 Å². The van der Waals surface area contributed by atoms with E-state index in [1.807, 2.05) is 48.2 Å². The SMILES string of the molecule is CC(=O)c1cc(/C=C/C(C)C2CSC(C)(C)N2)ccc1-c1ccccc1. The molecule has 1 N–H and O–H groups in total. The van der Waals surface area contributed by atoms with E-state index in [0.29, 0.717) is 12.0 Å². The first-order valence-electron chi connectivity index (χ1n) is 9.16. The Hall–Kier alpha value is -1.84. The van der Waals surface area contributed by atoms with Crippen LogP contribution < -0.4 is 5.32 Å². The fourth-order valence-electron chi connectivity index (χ4n) is 3.33. The highest BCUT2D eigenvalue weighted by atomic mass is 32.2. The lowest BCUT2D eigenvalue weighted by atomic mass is 9.94. The molecule has 0 spiro atoms. The van der Waals surface area contributed by atoms with Gasteiger partial charge in [0.25, 0.3) is 0 Å². The van der Waals surface area contributed by atoms with Crippen LogP contribution >= 0.6 is 11.8 Å². The molecule has 2 atom stereocenters. The Morgan fingerprint density at radius 1 is 1.23 bits per heavy atom. The van der Waals surface area contributed by atoms with Gasteiger partial charge in [-0.15, -0.1) is 11.8 Å². The minimum Gasteiger partial charge on any atom is -0.299 e. The van der Waals surface area contributed by atoms with E-state index in [2.05, 4.69) is 50.4 Å². The van der Waals surface area contributed by atoms with Gasteiger partial charge in [0, 0.05) is 17.4 Å². The van der Waals surface area contributed by atoms with E-state index in [9.17, 15) is 4.79 Å². The second kappa shape index (κ2) is 7.81. The lowest BCUT2D eigenvalue weighted by Crippen LogP contribution is -2.39. The summed E-state index contributed by atoms with van der Waals surface area (Å²) in [6.07, 6.45) is 4.39. The molecule has 3 heteroatoms. The molecule has 136 valence electrons. The summed E-state index contributed by atoms with van der Waals surface area (Å²) in [5.41, 5.74) is 3.93. The Morgan fingerprint density at radius 3 is 2.58 bits per heavy atom. The fraction of sp³-hybridized carbons (Fsp3) is 0.348. The monoisotopic (exact) mass is 365 g/mol. The van der Waals surface area contributed by atoms with E-state index < -0.39 is 0 Å². The highest BCUT2D eigenvalue weighted by Gasteiger charge is 2.32. The van der Waals surface area contributed by atoms with Crippen molar-refractivity contribution in [3.05, 3.63) is 65.7 Å². The molecule has 2 nitrogen and oxygen atoms in total. The number of hydrogen-bond donors (Lipinski definition) is 1. The Bertz CT molecular complexity index is 810. The Kier molecular flexibility index (Phi) is 5.69. The number of Topliss-reactive ketones (excluding diaryl/α,β-unsaturated/α-hetero) is 1. The van der Waals surface area contributed by atoms with Crippen LogP contribution in [0.2, 0.25) is 0 Å². The van der Waals surface area contributed by atoms with Crippen LogP contribution in [0.4, 0.5) is 0 Å². The van der Waals surface area contributed by atoms with Gasteiger partial charge in [0.05, 0.1) is 4.87 Å². The summed E-state index contributed by atoms with van der Waals surface area (Å²) in [5.74, 6) is 1.67. The summed E-state index contributed by atoms with van der Waals surface area (Å²) < 4.78 is 0. The summed E-state index contributed by atoms with van der Waals surface area (Å²) >= 11 is 1.97. The average Bonchev–Trinajstić information content (AvgIpc) is 3.00. The third-order valence-electron chi connectivity index (χ3n) is 4.89. The quantitative estimate of drug-likeness (QED) is 0.695. The number of nitrogens with one attached hydrogen (secondary N) is 1. The molecule has 0 radical (unpaired) electrons. The van der Waals surface area contributed by atoms with Gasteiger partial charge in [0.15, 0.2) is 5.78 Å². The van der Waals surface area contributed by atoms with Crippen molar-refractivity contribution in [2.75, 3.05) is 5.75 Å². The Balaban J connectivity index is 1.81. The predicted molar refractivity (Wildman–Crippen MR) is 114 cm³/mol. The average molecular weight is 366 g/mol. The molecular weight excluding hydrogens is 338 g/mol. The standard InChI is InChI=1S/C23H27NOS/c1-16(22-15-26-23(3,4)24-22)10-11-18-12-13-20(21(14-18)17(2)25)19-8-6-5-7-9-19/h5-14,16,22,24H,15H2,1-4H3/b11-10+. The number of rotatable bonds is 5. The van der Waals surface area contributed by atoms with Gasteiger partial charge in [-0.2, -0.15) is 0 Å². The number of benzene rings is 2. The molecule has 1 saturated heterocycles. The number of ketones is 1. The minimum atomic E-state index is 0.0998. The molecule has 1 fully saturated rings. The summed E-state index contributed by atoms with van der Waals surface area (Å²) in [6.45, 7) is 8.35. The van der Waals surface area contributed by atoms with Crippen molar-refractivity contribution in [1.82, 2.24) is 5.32 Å². The summed E-state index contributed by atoms with van der Waals surface area (Å²) in [7, 11) is 0. The minimum absolute atomic E-state index is 0.0998. The largest absolute Gasteiger partial charge is 0.299 e. The van der Waals surface area contributed by atoms with Crippen LogP contribution in [0.25, 0.3) is 17.2 Å². The molecule has 26 heavy (non-hydrogen) atoms. The molecular formula is C23H27NOS. The van der Waals surface area contributed by atoms with Gasteiger partial charge in [-0.25, -0.2) is 0 Å². The molecule has 3 rings (SSSR count). The van der Waals surface area contributed by atoms with Crippen LogP contribution in [-0.2, 0) is 0 Å². The van der Waals surface area contributed by atoms with Gasteiger partial charge in [-0.1, -0.05) is 61.5 Å². The molecule has 0 aliphatic carbocycles. The van der Waals surface area contributed by atoms with E-state index in [0.717, 1.165) is 28.0 Å². The second-order valence-corrected chi connectivity index (χ2v) is 9.16. The molecule has 0 aromatic heterocycles. The number of thioether (sulfide) groups is 1. The van der Waals surface area contributed by atoms with E-state index in [1.165, 1.54) is 0 Å². The second-order valence-electron chi connectivity index (χ2n) is 7.52. The first-order chi connectivity index (χ1) is 12.4. The van der Waals surface area contributed by atoms with Crippen molar-refractivity contribution in [3.8, 4) is 11.1 Å². The molecule has 0 amide bonds. The zero-order chi connectivity index (χ0) is 18.7. The van der Waals surface area contributed by atoms with E-state index in [1.54, 1.807) is 6.92 Å². The third-order valence-corrected chi connectivity index (χ3v) is 6.26. The van der Waals surface area contributed by atoms with Crippen LogP contribution in [-0.4, -0.2) is 22.4 Å². The number of hydrogen-bond acceptors (Lipinski definition) is 3. The zero-order valence-corrected chi connectivity index (χ0v) is 16.8. The van der Waals surface area contributed by atoms with Crippen molar-refractivity contribution >= 4 is 23.6 Å². The topological polar surface area (TPSA) is 29.1 Å². The first kappa shape index (κ1) is 18.9. The van der Waals surface area contributed by atoms with Crippen LogP contribution in [0, 0.1) is 5.92 Å². The molecule has 1 aliphatic heterocycles. The van der Waals surface area contributed by atoms with Crippen molar-refractivity contribution in [2.45, 2.75) is 38.6 Å². The summed E-state index contributed by atoms with van der Waals surface area (Å²) in [6, 6.07) is 16.7. The Morgan fingerprint density at radius 2 is 1.96 bits per heavy atom. The van der Waals surface area contributed by atoms with Crippen LogP contribution in [0.1, 0.15) is 43.6 Å². The van der Waals surface area contributed by atoms with Crippen LogP contribution in [0.5, 0.6) is 0 Å². The molecule has 1 heterocycles. The van der Waals surface area contributed by atoms with Gasteiger partial charge in [0.2, 0.25) is 0 Å². The molecule has 2 aromatic carbocycles. The van der Waals surface area contributed by atoms with Crippen molar-refractivity contribution < 1.29 is 4.79 Å². The predicted octanol–water partition coefficient (Wildman–Crippen LogP) is 5.65. The molecule has 0 bridgehead atoms. The first-order valence-corrected chi connectivity index (χ1v) is 10.1. The molecule has 2 unspecified atom stereocenters. The van der Waals surface area contributed by atoms with Crippen molar-refractivity contribution in [1.29, 1.82) is 0 Å².